The zero-order chi connectivity index (χ0) is 14.7. The summed E-state index contributed by atoms with van der Waals surface area (Å²) in [5, 5.41) is 9.02. The van der Waals surface area contributed by atoms with Crippen LogP contribution in [0.4, 0.5) is 0 Å². The van der Waals surface area contributed by atoms with Crippen LogP contribution in [0.15, 0.2) is 29.2 Å². The summed E-state index contributed by atoms with van der Waals surface area (Å²) in [4.78, 5) is 18.7. The second kappa shape index (κ2) is 6.06. The number of aromatic nitrogens is 2. The first kappa shape index (κ1) is 13.8. The van der Waals surface area contributed by atoms with E-state index in [-0.39, 0.29) is 5.56 Å². The maximum atomic E-state index is 12.1. The standard InChI is InChI=1S/C16H18N4O/c17-11-13-4-5-14-15(10-13)20(16(21)12-18-14)9-8-19-6-2-1-3-7-19/h4-5,10,12H,1-3,6-9H2. The zero-order valence-corrected chi connectivity index (χ0v) is 12.0. The number of benzene rings is 1. The lowest BCUT2D eigenvalue weighted by molar-refractivity contribution is 0.221. The van der Waals surface area contributed by atoms with Crippen LogP contribution in [0.5, 0.6) is 0 Å². The van der Waals surface area contributed by atoms with E-state index in [2.05, 4.69) is 16.0 Å². The Hall–Kier alpha value is -2.19. The number of likely N-dealkylation sites (tertiary alicyclic amines) is 1. The second-order valence-corrected chi connectivity index (χ2v) is 5.47. The molecule has 1 aromatic heterocycles. The first-order chi connectivity index (χ1) is 10.3. The average Bonchev–Trinajstić information content (AvgIpc) is 2.54. The van der Waals surface area contributed by atoms with Crippen molar-refractivity contribution in [3.05, 3.63) is 40.3 Å². The van der Waals surface area contributed by atoms with E-state index in [1.165, 1.54) is 25.5 Å². The lowest BCUT2D eigenvalue weighted by Gasteiger charge is -2.26. The van der Waals surface area contributed by atoms with Gasteiger partial charge in [-0.3, -0.25) is 4.79 Å². The third kappa shape index (κ3) is 2.96. The van der Waals surface area contributed by atoms with Crippen LogP contribution in [0.1, 0.15) is 24.8 Å². The van der Waals surface area contributed by atoms with Crippen LogP contribution in [0.3, 0.4) is 0 Å². The molecule has 0 amide bonds. The minimum absolute atomic E-state index is 0.102. The maximum Gasteiger partial charge on any atom is 0.269 e. The van der Waals surface area contributed by atoms with Crippen LogP contribution >= 0.6 is 0 Å². The molecule has 0 atom stereocenters. The fourth-order valence-corrected chi connectivity index (χ4v) is 2.89. The number of hydrogen-bond donors (Lipinski definition) is 0. The van der Waals surface area contributed by atoms with Crippen molar-refractivity contribution < 1.29 is 0 Å². The second-order valence-electron chi connectivity index (χ2n) is 5.47. The van der Waals surface area contributed by atoms with Crippen LogP contribution in [0, 0.1) is 11.3 Å². The Balaban J connectivity index is 1.90. The van der Waals surface area contributed by atoms with Gasteiger partial charge in [-0.15, -0.1) is 0 Å². The zero-order valence-electron chi connectivity index (χ0n) is 12.0. The van der Waals surface area contributed by atoms with Crippen molar-refractivity contribution in [2.45, 2.75) is 25.8 Å². The molecule has 108 valence electrons. The highest BCUT2D eigenvalue weighted by molar-refractivity contribution is 5.76. The van der Waals surface area contributed by atoms with Gasteiger partial charge < -0.3 is 9.47 Å². The topological polar surface area (TPSA) is 61.9 Å². The fourth-order valence-electron chi connectivity index (χ4n) is 2.89. The molecule has 0 radical (unpaired) electrons. The van der Waals surface area contributed by atoms with Gasteiger partial charge in [-0.2, -0.15) is 5.26 Å². The van der Waals surface area contributed by atoms with Gasteiger partial charge >= 0.3 is 0 Å². The molecule has 1 saturated heterocycles. The number of nitriles is 1. The lowest BCUT2D eigenvalue weighted by Crippen LogP contribution is -2.34. The van der Waals surface area contributed by atoms with E-state index in [0.717, 1.165) is 30.7 Å². The minimum Gasteiger partial charge on any atom is -0.304 e. The molecular weight excluding hydrogens is 264 g/mol. The van der Waals surface area contributed by atoms with Gasteiger partial charge in [0.1, 0.15) is 0 Å². The summed E-state index contributed by atoms with van der Waals surface area (Å²) in [5.41, 5.74) is 1.96. The van der Waals surface area contributed by atoms with Crippen molar-refractivity contribution in [2.75, 3.05) is 19.6 Å². The van der Waals surface area contributed by atoms with Crippen LogP contribution in [0.2, 0.25) is 0 Å². The summed E-state index contributed by atoms with van der Waals surface area (Å²) in [7, 11) is 0. The molecule has 2 heterocycles. The Morgan fingerprint density at radius 3 is 2.76 bits per heavy atom. The molecule has 21 heavy (non-hydrogen) atoms. The highest BCUT2D eigenvalue weighted by Gasteiger charge is 2.11. The number of piperidine rings is 1. The van der Waals surface area contributed by atoms with Gasteiger partial charge in [0.15, 0.2) is 0 Å². The van der Waals surface area contributed by atoms with Crippen molar-refractivity contribution in [3.63, 3.8) is 0 Å². The Bertz CT molecular complexity index is 738. The summed E-state index contributed by atoms with van der Waals surface area (Å²) >= 11 is 0. The van der Waals surface area contributed by atoms with Crippen molar-refractivity contribution in [3.8, 4) is 6.07 Å². The Labute approximate surface area is 123 Å². The molecular formula is C16H18N4O. The van der Waals surface area contributed by atoms with Crippen molar-refractivity contribution in [1.29, 1.82) is 5.26 Å². The van der Waals surface area contributed by atoms with Gasteiger partial charge in [-0.25, -0.2) is 4.98 Å². The number of nitrogens with zero attached hydrogens (tertiary/aromatic N) is 4. The Morgan fingerprint density at radius 1 is 1.19 bits per heavy atom. The Kier molecular flexibility index (Phi) is 3.98. The fraction of sp³-hybridized carbons (Fsp3) is 0.438. The van der Waals surface area contributed by atoms with E-state index >= 15 is 0 Å². The molecule has 5 heteroatoms. The van der Waals surface area contributed by atoms with Gasteiger partial charge in [0.2, 0.25) is 0 Å². The number of fused-ring (bicyclic) bond motifs is 1. The molecule has 5 nitrogen and oxygen atoms in total. The largest absolute Gasteiger partial charge is 0.304 e. The molecule has 0 saturated carbocycles. The Morgan fingerprint density at radius 2 is 2.00 bits per heavy atom. The SMILES string of the molecule is N#Cc1ccc2ncc(=O)n(CCN3CCCCC3)c2c1. The van der Waals surface area contributed by atoms with Crippen LogP contribution in [-0.2, 0) is 6.54 Å². The lowest BCUT2D eigenvalue weighted by atomic mass is 10.1. The highest BCUT2D eigenvalue weighted by atomic mass is 16.1. The quantitative estimate of drug-likeness (QED) is 0.860. The molecule has 2 aromatic rings. The predicted molar refractivity (Wildman–Crippen MR) is 81.0 cm³/mol. The normalized spacial score (nSPS) is 16.0. The van der Waals surface area contributed by atoms with Crippen LogP contribution < -0.4 is 5.56 Å². The molecule has 1 fully saturated rings. The van der Waals surface area contributed by atoms with Crippen molar-refractivity contribution in [1.82, 2.24) is 14.5 Å². The molecule has 1 aromatic carbocycles. The number of rotatable bonds is 3. The van der Waals surface area contributed by atoms with E-state index < -0.39 is 0 Å². The van der Waals surface area contributed by atoms with Crippen LogP contribution in [-0.4, -0.2) is 34.1 Å². The minimum atomic E-state index is -0.102. The first-order valence-electron chi connectivity index (χ1n) is 7.40. The smallest absolute Gasteiger partial charge is 0.269 e. The van der Waals surface area contributed by atoms with E-state index in [1.54, 1.807) is 22.8 Å². The van der Waals surface area contributed by atoms with Gasteiger partial charge in [0.05, 0.1) is 28.9 Å². The molecule has 3 rings (SSSR count). The highest BCUT2D eigenvalue weighted by Crippen LogP contribution is 2.13. The summed E-state index contributed by atoms with van der Waals surface area (Å²) in [6.45, 7) is 3.74. The van der Waals surface area contributed by atoms with E-state index in [1.807, 2.05) is 0 Å². The monoisotopic (exact) mass is 282 g/mol. The van der Waals surface area contributed by atoms with Gasteiger partial charge in [-0.1, -0.05) is 6.42 Å². The summed E-state index contributed by atoms with van der Waals surface area (Å²) in [6.07, 6.45) is 5.15. The van der Waals surface area contributed by atoms with E-state index in [4.69, 9.17) is 5.26 Å². The molecule has 0 N–H and O–H groups in total. The van der Waals surface area contributed by atoms with Crippen LogP contribution in [0.25, 0.3) is 11.0 Å². The van der Waals surface area contributed by atoms with Crippen molar-refractivity contribution >= 4 is 11.0 Å². The predicted octanol–water partition coefficient (Wildman–Crippen LogP) is 1.75. The summed E-state index contributed by atoms with van der Waals surface area (Å²) < 4.78 is 1.73. The molecule has 0 spiro atoms. The van der Waals surface area contributed by atoms with Gasteiger partial charge in [0.25, 0.3) is 5.56 Å². The van der Waals surface area contributed by atoms with E-state index in [0.29, 0.717) is 12.1 Å². The summed E-state index contributed by atoms with van der Waals surface area (Å²) in [5.74, 6) is 0. The molecule has 0 bridgehead atoms. The third-order valence-electron chi connectivity index (χ3n) is 4.06. The molecule has 0 aliphatic carbocycles. The van der Waals surface area contributed by atoms with E-state index in [9.17, 15) is 4.79 Å². The van der Waals surface area contributed by atoms with Crippen molar-refractivity contribution in [2.24, 2.45) is 0 Å². The number of hydrogen-bond acceptors (Lipinski definition) is 4. The van der Waals surface area contributed by atoms with Gasteiger partial charge in [-0.05, 0) is 44.1 Å². The maximum absolute atomic E-state index is 12.1. The first-order valence-corrected chi connectivity index (χ1v) is 7.40. The molecule has 0 unspecified atom stereocenters. The average molecular weight is 282 g/mol. The van der Waals surface area contributed by atoms with Gasteiger partial charge in [0, 0.05) is 13.1 Å². The molecule has 1 aliphatic rings. The third-order valence-corrected chi connectivity index (χ3v) is 4.06. The molecule has 1 aliphatic heterocycles. The summed E-state index contributed by atoms with van der Waals surface area (Å²) in [6, 6.07) is 7.39.